The van der Waals surface area contributed by atoms with Crippen LogP contribution in [0, 0.1) is 12.7 Å². The second-order valence-electron chi connectivity index (χ2n) is 7.30. The zero-order valence-electron chi connectivity index (χ0n) is 15.9. The second-order valence-corrected chi connectivity index (χ2v) is 7.30. The van der Waals surface area contributed by atoms with E-state index >= 15 is 0 Å². The molecular formula is C23H19FN4O. The SMILES string of the molecule is Cc1ccc(NC(=O)c2nn(-c3ccc(F)cc3)c3c2CCC3)c2cccnc12. The number of nitrogens with zero attached hydrogens (tertiary/aromatic N) is 3. The Bertz CT molecular complexity index is 1240. The van der Waals surface area contributed by atoms with Crippen LogP contribution in [0.5, 0.6) is 0 Å². The summed E-state index contributed by atoms with van der Waals surface area (Å²) in [5, 5.41) is 8.51. The van der Waals surface area contributed by atoms with Crippen molar-refractivity contribution in [3.05, 3.63) is 83.1 Å². The monoisotopic (exact) mass is 386 g/mol. The topological polar surface area (TPSA) is 59.8 Å². The minimum absolute atomic E-state index is 0.238. The zero-order chi connectivity index (χ0) is 20.0. The van der Waals surface area contributed by atoms with Gasteiger partial charge in [0.2, 0.25) is 0 Å². The molecule has 0 bridgehead atoms. The van der Waals surface area contributed by atoms with Crippen LogP contribution in [0.15, 0.2) is 54.7 Å². The van der Waals surface area contributed by atoms with Gasteiger partial charge in [-0.25, -0.2) is 9.07 Å². The molecule has 5 rings (SSSR count). The number of amides is 1. The highest BCUT2D eigenvalue weighted by molar-refractivity contribution is 6.09. The van der Waals surface area contributed by atoms with Gasteiger partial charge in [-0.1, -0.05) is 6.07 Å². The first-order valence-corrected chi connectivity index (χ1v) is 9.64. The molecule has 0 atom stereocenters. The molecule has 1 amide bonds. The average Bonchev–Trinajstić information content (AvgIpc) is 3.34. The largest absolute Gasteiger partial charge is 0.320 e. The number of carbonyl (C=O) groups excluding carboxylic acids is 1. The van der Waals surface area contributed by atoms with Crippen LogP contribution in [-0.2, 0) is 12.8 Å². The van der Waals surface area contributed by atoms with E-state index in [0.29, 0.717) is 11.4 Å². The fourth-order valence-electron chi connectivity index (χ4n) is 4.02. The van der Waals surface area contributed by atoms with Crippen molar-refractivity contribution in [1.82, 2.24) is 14.8 Å². The van der Waals surface area contributed by atoms with Gasteiger partial charge in [-0.05, 0) is 74.2 Å². The molecular weight excluding hydrogens is 367 g/mol. The number of halogens is 1. The van der Waals surface area contributed by atoms with Crippen molar-refractivity contribution < 1.29 is 9.18 Å². The molecule has 6 heteroatoms. The molecule has 0 radical (unpaired) electrons. The van der Waals surface area contributed by atoms with Crippen molar-refractivity contribution in [1.29, 1.82) is 0 Å². The van der Waals surface area contributed by atoms with Crippen LogP contribution in [0.25, 0.3) is 16.6 Å². The third-order valence-corrected chi connectivity index (χ3v) is 5.44. The molecule has 0 spiro atoms. The van der Waals surface area contributed by atoms with Crippen molar-refractivity contribution in [2.75, 3.05) is 5.32 Å². The lowest BCUT2D eigenvalue weighted by Gasteiger charge is -2.09. The van der Waals surface area contributed by atoms with Crippen LogP contribution in [0.4, 0.5) is 10.1 Å². The van der Waals surface area contributed by atoms with E-state index in [2.05, 4.69) is 15.4 Å². The van der Waals surface area contributed by atoms with Gasteiger partial charge in [0.15, 0.2) is 5.69 Å². The van der Waals surface area contributed by atoms with E-state index in [1.54, 1.807) is 23.0 Å². The summed E-state index contributed by atoms with van der Waals surface area (Å²) in [6.45, 7) is 2.00. The van der Waals surface area contributed by atoms with Crippen LogP contribution in [0.3, 0.4) is 0 Å². The fourth-order valence-corrected chi connectivity index (χ4v) is 4.02. The lowest BCUT2D eigenvalue weighted by molar-refractivity contribution is 0.102. The van der Waals surface area contributed by atoms with Gasteiger partial charge in [0.25, 0.3) is 5.91 Å². The number of aryl methyl sites for hydroxylation is 1. The molecule has 0 saturated carbocycles. The Morgan fingerprint density at radius 2 is 1.93 bits per heavy atom. The fraction of sp³-hybridized carbons (Fsp3) is 0.174. The summed E-state index contributed by atoms with van der Waals surface area (Å²) >= 11 is 0. The summed E-state index contributed by atoms with van der Waals surface area (Å²) in [5.41, 5.74) is 5.82. The first-order valence-electron chi connectivity index (χ1n) is 9.64. The summed E-state index contributed by atoms with van der Waals surface area (Å²) in [5.74, 6) is -0.534. The molecule has 1 aliphatic carbocycles. The van der Waals surface area contributed by atoms with Crippen molar-refractivity contribution in [2.24, 2.45) is 0 Å². The molecule has 0 fully saturated rings. The van der Waals surface area contributed by atoms with E-state index in [9.17, 15) is 9.18 Å². The molecule has 1 N–H and O–H groups in total. The number of anilines is 1. The van der Waals surface area contributed by atoms with Crippen molar-refractivity contribution in [3.63, 3.8) is 0 Å². The maximum Gasteiger partial charge on any atom is 0.276 e. The van der Waals surface area contributed by atoms with E-state index in [-0.39, 0.29) is 11.7 Å². The van der Waals surface area contributed by atoms with Crippen molar-refractivity contribution in [3.8, 4) is 5.69 Å². The van der Waals surface area contributed by atoms with Crippen molar-refractivity contribution >= 4 is 22.5 Å². The van der Waals surface area contributed by atoms with Crippen LogP contribution in [0.1, 0.15) is 33.7 Å². The highest BCUT2D eigenvalue weighted by atomic mass is 19.1. The van der Waals surface area contributed by atoms with Gasteiger partial charge in [0.1, 0.15) is 5.82 Å². The van der Waals surface area contributed by atoms with Crippen LogP contribution >= 0.6 is 0 Å². The summed E-state index contributed by atoms with van der Waals surface area (Å²) in [4.78, 5) is 17.6. The molecule has 4 aromatic rings. The number of fused-ring (bicyclic) bond motifs is 2. The first-order chi connectivity index (χ1) is 14.1. The Hall–Kier alpha value is -3.54. The lowest BCUT2D eigenvalue weighted by Crippen LogP contribution is -2.15. The Labute approximate surface area is 167 Å². The molecule has 2 heterocycles. The number of hydrogen-bond acceptors (Lipinski definition) is 3. The van der Waals surface area contributed by atoms with Gasteiger partial charge < -0.3 is 5.32 Å². The molecule has 0 aliphatic heterocycles. The molecule has 0 saturated heterocycles. The predicted molar refractivity (Wildman–Crippen MR) is 110 cm³/mol. The maximum atomic E-state index is 13.3. The molecule has 1 aliphatic rings. The molecule has 29 heavy (non-hydrogen) atoms. The molecule has 0 unspecified atom stereocenters. The summed E-state index contributed by atoms with van der Waals surface area (Å²) < 4.78 is 15.1. The molecule has 144 valence electrons. The Morgan fingerprint density at radius 3 is 2.76 bits per heavy atom. The maximum absolute atomic E-state index is 13.3. The Kier molecular flexibility index (Phi) is 4.12. The average molecular weight is 386 g/mol. The normalized spacial score (nSPS) is 12.9. The number of aromatic nitrogens is 3. The van der Waals surface area contributed by atoms with Gasteiger partial charge in [0.05, 0.1) is 16.9 Å². The third kappa shape index (κ3) is 2.97. The van der Waals surface area contributed by atoms with Crippen molar-refractivity contribution in [2.45, 2.75) is 26.2 Å². The minimum Gasteiger partial charge on any atom is -0.320 e. The summed E-state index contributed by atoms with van der Waals surface area (Å²) in [6.07, 6.45) is 4.39. The summed E-state index contributed by atoms with van der Waals surface area (Å²) in [6, 6.07) is 13.8. The predicted octanol–water partition coefficient (Wildman–Crippen LogP) is 4.61. The third-order valence-electron chi connectivity index (χ3n) is 5.44. The summed E-state index contributed by atoms with van der Waals surface area (Å²) in [7, 11) is 0. The highest BCUT2D eigenvalue weighted by Gasteiger charge is 2.27. The number of pyridine rings is 1. The Balaban J connectivity index is 1.54. The minimum atomic E-state index is -0.296. The van der Waals surface area contributed by atoms with Gasteiger partial charge >= 0.3 is 0 Å². The van der Waals surface area contributed by atoms with Crippen LogP contribution in [0.2, 0.25) is 0 Å². The first kappa shape index (κ1) is 17.6. The van der Waals surface area contributed by atoms with Crippen LogP contribution in [-0.4, -0.2) is 20.7 Å². The van der Waals surface area contributed by atoms with Gasteiger partial charge in [-0.15, -0.1) is 0 Å². The van der Waals surface area contributed by atoms with E-state index in [0.717, 1.165) is 52.7 Å². The van der Waals surface area contributed by atoms with Gasteiger partial charge in [-0.3, -0.25) is 9.78 Å². The number of benzene rings is 2. The number of rotatable bonds is 3. The molecule has 2 aromatic heterocycles. The Morgan fingerprint density at radius 1 is 1.10 bits per heavy atom. The van der Waals surface area contributed by atoms with E-state index in [1.807, 2.05) is 31.2 Å². The molecule has 2 aromatic carbocycles. The molecule has 5 nitrogen and oxygen atoms in total. The zero-order valence-corrected chi connectivity index (χ0v) is 15.9. The lowest BCUT2D eigenvalue weighted by atomic mass is 10.1. The van der Waals surface area contributed by atoms with E-state index in [1.165, 1.54) is 12.1 Å². The number of hydrogen-bond donors (Lipinski definition) is 1. The van der Waals surface area contributed by atoms with E-state index in [4.69, 9.17) is 0 Å². The quantitative estimate of drug-likeness (QED) is 0.559. The van der Waals surface area contributed by atoms with Gasteiger partial charge in [-0.2, -0.15) is 5.10 Å². The second kappa shape index (κ2) is 6.81. The standard InChI is InChI=1S/C23H19FN4O/c1-14-7-12-19(17-5-3-13-25-21(14)17)26-23(29)22-18-4-2-6-20(18)28(27-22)16-10-8-15(24)9-11-16/h3,5,7-13H,2,4,6H2,1H3,(H,26,29). The highest BCUT2D eigenvalue weighted by Crippen LogP contribution is 2.30. The smallest absolute Gasteiger partial charge is 0.276 e. The number of nitrogens with one attached hydrogen (secondary N) is 1. The van der Waals surface area contributed by atoms with Gasteiger partial charge in [0, 0.05) is 22.8 Å². The number of carbonyl (C=O) groups is 1. The van der Waals surface area contributed by atoms with Crippen LogP contribution < -0.4 is 5.32 Å². The van der Waals surface area contributed by atoms with E-state index < -0.39 is 0 Å².